The molecule has 0 radical (unpaired) electrons. The van der Waals surface area contributed by atoms with Crippen molar-refractivity contribution < 1.29 is 27.4 Å². The largest absolute Gasteiger partial charge is 0.492 e. The molecular formula is C9H8F3NO3. The van der Waals surface area contributed by atoms with Gasteiger partial charge in [-0.05, 0) is 0 Å². The molecule has 0 aliphatic heterocycles. The second-order valence-corrected chi connectivity index (χ2v) is 2.71. The second-order valence-electron chi connectivity index (χ2n) is 2.71. The lowest BCUT2D eigenvalue weighted by atomic mass is 10.2. The average Bonchev–Trinajstić information content (AvgIpc) is 2.27. The van der Waals surface area contributed by atoms with E-state index in [4.69, 9.17) is 0 Å². The molecule has 0 spiro atoms. The quantitative estimate of drug-likeness (QED) is 0.593. The van der Waals surface area contributed by atoms with Crippen molar-refractivity contribution in [1.29, 1.82) is 0 Å². The van der Waals surface area contributed by atoms with Gasteiger partial charge in [-0.2, -0.15) is 4.39 Å². The van der Waals surface area contributed by atoms with Crippen LogP contribution in [0.2, 0.25) is 0 Å². The summed E-state index contributed by atoms with van der Waals surface area (Å²) in [5.74, 6) is -2.63. The predicted molar refractivity (Wildman–Crippen MR) is 47.0 cm³/mol. The lowest BCUT2D eigenvalue weighted by molar-refractivity contribution is 0.0586. The first-order chi connectivity index (χ1) is 7.51. The number of rotatable bonds is 3. The third kappa shape index (κ3) is 2.23. The Morgan fingerprint density at radius 2 is 2.06 bits per heavy atom. The molecule has 0 aliphatic carbocycles. The fourth-order valence-corrected chi connectivity index (χ4v) is 1.07. The molecule has 0 saturated carbocycles. The second kappa shape index (κ2) is 4.82. The van der Waals surface area contributed by atoms with Crippen molar-refractivity contribution in [3.8, 4) is 5.75 Å². The molecule has 0 aromatic carbocycles. The zero-order chi connectivity index (χ0) is 12.3. The first-order valence-corrected chi connectivity index (χ1v) is 4.12. The van der Waals surface area contributed by atoms with Crippen LogP contribution in [0.4, 0.5) is 13.2 Å². The minimum atomic E-state index is -3.07. The molecule has 0 fully saturated rings. The Morgan fingerprint density at radius 1 is 1.44 bits per heavy atom. The summed E-state index contributed by atoms with van der Waals surface area (Å²) in [7, 11) is 2.15. The smallest absolute Gasteiger partial charge is 0.340 e. The van der Waals surface area contributed by atoms with Gasteiger partial charge in [0.2, 0.25) is 0 Å². The highest BCUT2D eigenvalue weighted by Crippen LogP contribution is 2.26. The molecule has 1 aromatic rings. The van der Waals surface area contributed by atoms with E-state index in [1.54, 1.807) is 0 Å². The number of halogens is 3. The summed E-state index contributed by atoms with van der Waals surface area (Å²) in [6.45, 7) is 0. The Bertz CT molecular complexity index is 409. The number of carbonyl (C=O) groups excluding carboxylic acids is 1. The molecule has 7 heteroatoms. The zero-order valence-corrected chi connectivity index (χ0v) is 8.46. The van der Waals surface area contributed by atoms with Crippen LogP contribution in [-0.4, -0.2) is 25.2 Å². The average molecular weight is 235 g/mol. The summed E-state index contributed by atoms with van der Waals surface area (Å²) in [6.07, 6.45) is -3.07. The van der Waals surface area contributed by atoms with Crippen LogP contribution in [0.1, 0.15) is 22.5 Å². The predicted octanol–water partition coefficient (Wildman–Crippen LogP) is 1.95. The third-order valence-corrected chi connectivity index (χ3v) is 1.81. The number of methoxy groups -OCH3 is 2. The lowest BCUT2D eigenvalue weighted by Gasteiger charge is -2.08. The van der Waals surface area contributed by atoms with Gasteiger partial charge in [0.15, 0.2) is 5.75 Å². The van der Waals surface area contributed by atoms with Crippen LogP contribution in [0.3, 0.4) is 0 Å². The molecule has 0 amide bonds. The van der Waals surface area contributed by atoms with Crippen molar-refractivity contribution in [3.63, 3.8) is 0 Å². The maximum atomic E-state index is 13.0. The van der Waals surface area contributed by atoms with E-state index in [9.17, 15) is 18.0 Å². The number of hydrogen-bond donors (Lipinski definition) is 0. The molecule has 88 valence electrons. The van der Waals surface area contributed by atoms with Crippen LogP contribution >= 0.6 is 0 Å². The fraction of sp³-hybridized carbons (Fsp3) is 0.333. The van der Waals surface area contributed by atoms with Gasteiger partial charge in [0, 0.05) is 6.07 Å². The number of hydrogen-bond acceptors (Lipinski definition) is 4. The molecule has 1 rings (SSSR count). The standard InChI is InChI=1S/C9H8F3NO3/c1-15-5-3-4(9(14)16-2)6(7(10)11)13-8(5)12/h3,7H,1-2H3. The van der Waals surface area contributed by atoms with Gasteiger partial charge in [0.25, 0.3) is 12.4 Å². The minimum Gasteiger partial charge on any atom is -0.492 e. The first kappa shape index (κ1) is 12.3. The highest BCUT2D eigenvalue weighted by atomic mass is 19.3. The summed E-state index contributed by atoms with van der Waals surface area (Å²) in [4.78, 5) is 14.1. The van der Waals surface area contributed by atoms with E-state index < -0.39 is 35.3 Å². The van der Waals surface area contributed by atoms with Crippen LogP contribution in [0, 0.1) is 5.95 Å². The fourth-order valence-electron chi connectivity index (χ4n) is 1.07. The topological polar surface area (TPSA) is 48.4 Å². The van der Waals surface area contributed by atoms with Crippen LogP contribution < -0.4 is 4.74 Å². The zero-order valence-electron chi connectivity index (χ0n) is 8.46. The number of nitrogens with zero attached hydrogens (tertiary/aromatic N) is 1. The highest BCUT2D eigenvalue weighted by Gasteiger charge is 2.24. The third-order valence-electron chi connectivity index (χ3n) is 1.81. The van der Waals surface area contributed by atoms with E-state index in [2.05, 4.69) is 14.5 Å². The number of esters is 1. The Hall–Kier alpha value is -1.79. The van der Waals surface area contributed by atoms with Gasteiger partial charge >= 0.3 is 5.97 Å². The van der Waals surface area contributed by atoms with E-state index in [1.165, 1.54) is 0 Å². The van der Waals surface area contributed by atoms with Crippen LogP contribution in [-0.2, 0) is 4.74 Å². The van der Waals surface area contributed by atoms with Crippen molar-refractivity contribution in [3.05, 3.63) is 23.3 Å². The summed E-state index contributed by atoms with van der Waals surface area (Å²) in [6, 6.07) is 0.829. The van der Waals surface area contributed by atoms with Crippen molar-refractivity contribution in [2.24, 2.45) is 0 Å². The molecule has 0 aliphatic rings. The van der Waals surface area contributed by atoms with E-state index in [-0.39, 0.29) is 0 Å². The SMILES string of the molecule is COC(=O)c1cc(OC)c(F)nc1C(F)F. The van der Waals surface area contributed by atoms with Crippen molar-refractivity contribution >= 4 is 5.97 Å². The number of pyridine rings is 1. The molecule has 0 unspecified atom stereocenters. The van der Waals surface area contributed by atoms with Gasteiger partial charge in [-0.15, -0.1) is 0 Å². The van der Waals surface area contributed by atoms with Gasteiger partial charge in [0.1, 0.15) is 5.69 Å². The Morgan fingerprint density at radius 3 is 2.50 bits per heavy atom. The van der Waals surface area contributed by atoms with Crippen molar-refractivity contribution in [1.82, 2.24) is 4.98 Å². The number of ether oxygens (including phenoxy) is 2. The molecule has 0 saturated heterocycles. The molecule has 0 N–H and O–H groups in total. The molecule has 1 aromatic heterocycles. The van der Waals surface area contributed by atoms with Crippen LogP contribution in [0.25, 0.3) is 0 Å². The maximum Gasteiger partial charge on any atom is 0.340 e. The van der Waals surface area contributed by atoms with Gasteiger partial charge in [-0.1, -0.05) is 0 Å². The van der Waals surface area contributed by atoms with Gasteiger partial charge in [0.05, 0.1) is 19.8 Å². The number of alkyl halides is 2. The van der Waals surface area contributed by atoms with E-state index in [1.807, 2.05) is 0 Å². The van der Waals surface area contributed by atoms with E-state index in [0.717, 1.165) is 20.3 Å². The van der Waals surface area contributed by atoms with E-state index in [0.29, 0.717) is 0 Å². The maximum absolute atomic E-state index is 13.0. The van der Waals surface area contributed by atoms with Gasteiger partial charge in [-0.25, -0.2) is 18.6 Å². The molecule has 1 heterocycles. The Labute approximate surface area is 89.0 Å². The summed E-state index contributed by atoms with van der Waals surface area (Å²) in [5.41, 5.74) is -1.49. The summed E-state index contributed by atoms with van der Waals surface area (Å²) in [5, 5.41) is 0. The van der Waals surface area contributed by atoms with Crippen LogP contribution in [0.15, 0.2) is 6.07 Å². The first-order valence-electron chi connectivity index (χ1n) is 4.12. The normalized spacial score (nSPS) is 10.4. The summed E-state index contributed by atoms with van der Waals surface area (Å²) < 4.78 is 46.8. The highest BCUT2D eigenvalue weighted by molar-refractivity contribution is 5.91. The van der Waals surface area contributed by atoms with E-state index >= 15 is 0 Å². The molecular weight excluding hydrogens is 227 g/mol. The van der Waals surface area contributed by atoms with Crippen molar-refractivity contribution in [2.75, 3.05) is 14.2 Å². The molecule has 0 atom stereocenters. The molecule has 16 heavy (non-hydrogen) atoms. The van der Waals surface area contributed by atoms with Crippen molar-refractivity contribution in [2.45, 2.75) is 6.43 Å². The minimum absolute atomic E-state index is 0.398. The summed E-state index contributed by atoms with van der Waals surface area (Å²) >= 11 is 0. The lowest BCUT2D eigenvalue weighted by Crippen LogP contribution is -2.10. The van der Waals surface area contributed by atoms with Gasteiger partial charge < -0.3 is 9.47 Å². The monoisotopic (exact) mass is 235 g/mol. The van der Waals surface area contributed by atoms with Crippen LogP contribution in [0.5, 0.6) is 5.75 Å². The molecule has 4 nitrogen and oxygen atoms in total. The Kier molecular flexibility index (Phi) is 3.70. The Balaban J connectivity index is 3.36. The number of aromatic nitrogens is 1. The number of carbonyl (C=O) groups is 1. The molecule has 0 bridgehead atoms. The van der Waals surface area contributed by atoms with Gasteiger partial charge in [-0.3, -0.25) is 0 Å².